The monoisotopic (exact) mass is 566 g/mol. The Morgan fingerprint density at radius 1 is 1.18 bits per heavy atom. The number of nitrogens with one attached hydrogen (secondary N) is 1. The van der Waals surface area contributed by atoms with Gasteiger partial charge >= 0.3 is 5.97 Å². The number of hydrogen-bond donors (Lipinski definition) is 1. The molecule has 0 saturated heterocycles. The van der Waals surface area contributed by atoms with Crippen LogP contribution in [0.5, 0.6) is 0 Å². The Balaban J connectivity index is 1.47. The van der Waals surface area contributed by atoms with Crippen LogP contribution in [0.15, 0.2) is 68.7 Å². The number of carbonyl (C=O) groups is 2. The Morgan fingerprint density at radius 2 is 1.97 bits per heavy atom. The zero-order valence-electron chi connectivity index (χ0n) is 17.7. The van der Waals surface area contributed by atoms with Crippen molar-refractivity contribution in [3.63, 3.8) is 0 Å². The molecule has 34 heavy (non-hydrogen) atoms. The van der Waals surface area contributed by atoms with Gasteiger partial charge in [0.15, 0.2) is 6.61 Å². The van der Waals surface area contributed by atoms with Crippen LogP contribution in [0, 0.1) is 5.82 Å². The molecule has 0 saturated carbocycles. The summed E-state index contributed by atoms with van der Waals surface area (Å²) in [6.45, 7) is -0.404. The molecular formula is C23H20BrFN2O5S2. The van der Waals surface area contributed by atoms with Crippen LogP contribution in [0.1, 0.15) is 23.6 Å². The molecule has 1 aromatic heterocycles. The molecule has 1 atom stereocenters. The van der Waals surface area contributed by atoms with E-state index in [0.29, 0.717) is 10.9 Å². The van der Waals surface area contributed by atoms with Crippen LogP contribution in [-0.2, 0) is 30.8 Å². The molecule has 178 valence electrons. The van der Waals surface area contributed by atoms with E-state index >= 15 is 0 Å². The standard InChI is InChI=1S/C23H20BrFN2O5S2/c24-16-7-8-19(18(25)12-16)26-21(28)14-32-22(29)13-20-17-5-2-1-4-15(17)9-10-27(20)34(30,31)23-6-3-11-33-23/h1-8,11-12,20H,9-10,13-14H2,(H,26,28)/t20-/m0/s1. The number of hydrogen-bond acceptors (Lipinski definition) is 6. The molecular weight excluding hydrogens is 547 g/mol. The van der Waals surface area contributed by atoms with Crippen LogP contribution in [0.4, 0.5) is 10.1 Å². The lowest BCUT2D eigenvalue weighted by Gasteiger charge is -2.35. The molecule has 0 bridgehead atoms. The number of thiophene rings is 1. The number of fused-ring (bicyclic) bond motifs is 1. The average Bonchev–Trinajstić information content (AvgIpc) is 3.36. The number of benzene rings is 2. The minimum Gasteiger partial charge on any atom is -0.456 e. The molecule has 0 aliphatic carbocycles. The first-order chi connectivity index (χ1) is 16.3. The van der Waals surface area contributed by atoms with Crippen LogP contribution >= 0.6 is 27.3 Å². The number of ether oxygens (including phenoxy) is 1. The third kappa shape index (κ3) is 5.38. The number of amides is 1. The summed E-state index contributed by atoms with van der Waals surface area (Å²) in [5.74, 6) is -2.08. The van der Waals surface area contributed by atoms with Crippen molar-refractivity contribution < 1.29 is 27.1 Å². The van der Waals surface area contributed by atoms with Crippen molar-refractivity contribution in [1.29, 1.82) is 0 Å². The van der Waals surface area contributed by atoms with Gasteiger partial charge in [-0.25, -0.2) is 12.8 Å². The van der Waals surface area contributed by atoms with Crippen molar-refractivity contribution in [2.75, 3.05) is 18.5 Å². The van der Waals surface area contributed by atoms with E-state index in [2.05, 4.69) is 21.2 Å². The topological polar surface area (TPSA) is 92.8 Å². The highest BCUT2D eigenvalue weighted by Crippen LogP contribution is 2.37. The summed E-state index contributed by atoms with van der Waals surface area (Å²) in [5, 5.41) is 4.03. The predicted octanol–water partition coefficient (Wildman–Crippen LogP) is 4.51. The van der Waals surface area contributed by atoms with Crippen LogP contribution in [-0.4, -0.2) is 37.8 Å². The Bertz CT molecular complexity index is 1310. The Kier molecular flexibility index (Phi) is 7.46. The van der Waals surface area contributed by atoms with Crippen LogP contribution in [0.3, 0.4) is 0 Å². The van der Waals surface area contributed by atoms with Crippen molar-refractivity contribution in [3.8, 4) is 0 Å². The van der Waals surface area contributed by atoms with E-state index in [9.17, 15) is 22.4 Å². The van der Waals surface area contributed by atoms with E-state index in [1.54, 1.807) is 29.6 Å². The smallest absolute Gasteiger partial charge is 0.308 e. The van der Waals surface area contributed by atoms with Gasteiger partial charge in [0.25, 0.3) is 15.9 Å². The minimum atomic E-state index is -3.82. The van der Waals surface area contributed by atoms with Gasteiger partial charge < -0.3 is 10.1 Å². The van der Waals surface area contributed by atoms with Gasteiger partial charge in [0.1, 0.15) is 10.0 Å². The van der Waals surface area contributed by atoms with Gasteiger partial charge in [-0.1, -0.05) is 46.3 Å². The van der Waals surface area contributed by atoms with Crippen LogP contribution in [0.2, 0.25) is 0 Å². The van der Waals surface area contributed by atoms with Gasteiger partial charge in [0.2, 0.25) is 0 Å². The van der Waals surface area contributed by atoms with E-state index in [4.69, 9.17) is 4.74 Å². The van der Waals surface area contributed by atoms with Crippen molar-refractivity contribution in [3.05, 3.63) is 81.4 Å². The van der Waals surface area contributed by atoms with E-state index in [-0.39, 0.29) is 22.9 Å². The van der Waals surface area contributed by atoms with Gasteiger partial charge in [0, 0.05) is 11.0 Å². The molecule has 0 radical (unpaired) electrons. The molecule has 0 spiro atoms. The summed E-state index contributed by atoms with van der Waals surface area (Å²) in [4.78, 5) is 24.8. The molecule has 4 rings (SSSR count). The summed E-state index contributed by atoms with van der Waals surface area (Å²) in [6.07, 6.45) is 0.259. The highest BCUT2D eigenvalue weighted by Gasteiger charge is 2.38. The SMILES string of the molecule is O=C(COC(=O)C[C@H]1c2ccccc2CCN1S(=O)(=O)c1cccs1)Nc1ccc(Br)cc1F. The Labute approximate surface area is 208 Å². The predicted molar refractivity (Wildman–Crippen MR) is 129 cm³/mol. The highest BCUT2D eigenvalue weighted by molar-refractivity contribution is 9.10. The number of sulfonamides is 1. The number of carbonyl (C=O) groups excluding carboxylic acids is 2. The Hall–Kier alpha value is -2.60. The lowest BCUT2D eigenvalue weighted by Crippen LogP contribution is -2.41. The number of nitrogens with zero attached hydrogens (tertiary/aromatic N) is 1. The van der Waals surface area contributed by atoms with Gasteiger partial charge in [-0.3, -0.25) is 9.59 Å². The zero-order chi connectivity index (χ0) is 24.3. The number of halogens is 2. The second-order valence-electron chi connectivity index (χ2n) is 7.55. The minimum absolute atomic E-state index is 0.0429. The second-order valence-corrected chi connectivity index (χ2v) is 11.5. The fourth-order valence-electron chi connectivity index (χ4n) is 3.79. The number of anilines is 1. The summed E-state index contributed by atoms with van der Waals surface area (Å²) in [6, 6.07) is 13.9. The summed E-state index contributed by atoms with van der Waals surface area (Å²) in [5.41, 5.74) is 1.65. The molecule has 11 heteroatoms. The molecule has 1 N–H and O–H groups in total. The van der Waals surface area contributed by atoms with Gasteiger partial charge in [0.05, 0.1) is 18.2 Å². The second kappa shape index (κ2) is 10.3. The average molecular weight is 567 g/mol. The third-order valence-electron chi connectivity index (χ3n) is 5.35. The van der Waals surface area contributed by atoms with Crippen molar-refractivity contribution >= 4 is 54.9 Å². The fourth-order valence-corrected chi connectivity index (χ4v) is 6.85. The van der Waals surface area contributed by atoms with Crippen LogP contribution in [0.25, 0.3) is 0 Å². The van der Waals surface area contributed by atoms with Gasteiger partial charge in [-0.05, 0) is 47.2 Å². The maximum atomic E-state index is 13.9. The first-order valence-corrected chi connectivity index (χ1v) is 13.4. The van der Waals surface area contributed by atoms with E-state index in [1.165, 1.54) is 22.5 Å². The third-order valence-corrected chi connectivity index (χ3v) is 9.13. The van der Waals surface area contributed by atoms with E-state index < -0.39 is 40.4 Å². The molecule has 3 aromatic rings. The Morgan fingerprint density at radius 3 is 2.71 bits per heavy atom. The molecule has 1 aliphatic rings. The first-order valence-electron chi connectivity index (χ1n) is 10.3. The van der Waals surface area contributed by atoms with Gasteiger partial charge in [-0.2, -0.15) is 4.31 Å². The van der Waals surface area contributed by atoms with Crippen molar-refractivity contribution in [1.82, 2.24) is 4.31 Å². The number of esters is 1. The highest BCUT2D eigenvalue weighted by atomic mass is 79.9. The molecule has 2 aromatic carbocycles. The molecule has 1 aliphatic heterocycles. The largest absolute Gasteiger partial charge is 0.456 e. The maximum absolute atomic E-state index is 13.9. The maximum Gasteiger partial charge on any atom is 0.308 e. The lowest BCUT2D eigenvalue weighted by molar-refractivity contribution is -0.148. The summed E-state index contributed by atoms with van der Waals surface area (Å²) >= 11 is 4.24. The van der Waals surface area contributed by atoms with E-state index in [0.717, 1.165) is 22.5 Å². The lowest BCUT2D eigenvalue weighted by atomic mass is 9.92. The normalized spacial score (nSPS) is 16.0. The molecule has 2 heterocycles. The van der Waals surface area contributed by atoms with E-state index in [1.807, 2.05) is 12.1 Å². The first kappa shape index (κ1) is 24.5. The molecule has 0 fully saturated rings. The van der Waals surface area contributed by atoms with Gasteiger partial charge in [-0.15, -0.1) is 11.3 Å². The molecule has 1 amide bonds. The van der Waals surface area contributed by atoms with Crippen molar-refractivity contribution in [2.45, 2.75) is 23.1 Å². The molecule has 0 unspecified atom stereocenters. The van der Waals surface area contributed by atoms with Crippen LogP contribution < -0.4 is 5.32 Å². The zero-order valence-corrected chi connectivity index (χ0v) is 21.0. The van der Waals surface area contributed by atoms with Crippen molar-refractivity contribution in [2.24, 2.45) is 0 Å². The summed E-state index contributed by atoms with van der Waals surface area (Å²) < 4.78 is 47.6. The quantitative estimate of drug-likeness (QED) is 0.425. The fraction of sp³-hybridized carbons (Fsp3) is 0.217. The summed E-state index contributed by atoms with van der Waals surface area (Å²) in [7, 11) is -3.82. The number of rotatable bonds is 7. The molecule has 7 nitrogen and oxygen atoms in total.